The number of hydrogen-bond acceptors (Lipinski definition) is 2. The van der Waals surface area contributed by atoms with Gasteiger partial charge in [-0.25, -0.2) is 0 Å². The summed E-state index contributed by atoms with van der Waals surface area (Å²) in [6, 6.07) is 7.00. The molecule has 1 aromatic carbocycles. The molecule has 0 aliphatic heterocycles. The molecule has 120 valence electrons. The van der Waals surface area contributed by atoms with E-state index < -0.39 is 5.41 Å². The van der Waals surface area contributed by atoms with Crippen molar-refractivity contribution in [2.45, 2.75) is 39.5 Å². The first-order valence-electron chi connectivity index (χ1n) is 7.90. The Labute approximate surface area is 136 Å². The number of amides is 2. The van der Waals surface area contributed by atoms with Gasteiger partial charge in [0.05, 0.1) is 0 Å². The van der Waals surface area contributed by atoms with Crippen LogP contribution in [-0.4, -0.2) is 29.8 Å². The molecule has 0 radical (unpaired) electrons. The van der Waals surface area contributed by atoms with Gasteiger partial charge in [0.25, 0.3) is 0 Å². The molecule has 1 saturated carbocycles. The zero-order valence-corrected chi connectivity index (χ0v) is 13.9. The van der Waals surface area contributed by atoms with Gasteiger partial charge in [0, 0.05) is 23.8 Å². The summed E-state index contributed by atoms with van der Waals surface area (Å²) in [7, 11) is 0. The number of nitrogens with one attached hydrogen (secondary N) is 1. The zero-order valence-electron chi connectivity index (χ0n) is 13.2. The van der Waals surface area contributed by atoms with E-state index >= 15 is 0 Å². The molecule has 1 aromatic rings. The zero-order chi connectivity index (χ0) is 16.2. The highest BCUT2D eigenvalue weighted by molar-refractivity contribution is 6.31. The summed E-state index contributed by atoms with van der Waals surface area (Å²) >= 11 is 5.93. The fourth-order valence-electron chi connectivity index (χ4n) is 2.64. The summed E-state index contributed by atoms with van der Waals surface area (Å²) in [5.41, 5.74) is -0.235. The van der Waals surface area contributed by atoms with Crippen molar-refractivity contribution in [3.8, 4) is 0 Å². The molecule has 1 N–H and O–H groups in total. The van der Waals surface area contributed by atoms with Crippen molar-refractivity contribution >= 4 is 29.1 Å². The maximum atomic E-state index is 12.7. The quantitative estimate of drug-likeness (QED) is 0.778. The highest BCUT2D eigenvalue weighted by Crippen LogP contribution is 2.48. The Morgan fingerprint density at radius 3 is 2.36 bits per heavy atom. The molecule has 22 heavy (non-hydrogen) atoms. The molecule has 2 amide bonds. The summed E-state index contributed by atoms with van der Waals surface area (Å²) in [6.45, 7) is 5.50. The van der Waals surface area contributed by atoms with Gasteiger partial charge in [-0.2, -0.15) is 0 Å². The molecule has 0 bridgehead atoms. The molecule has 0 heterocycles. The molecule has 0 aromatic heterocycles. The molecular formula is C17H23ClN2O2. The number of benzene rings is 1. The van der Waals surface area contributed by atoms with E-state index in [4.69, 9.17) is 11.6 Å². The van der Waals surface area contributed by atoms with Gasteiger partial charge in [0.2, 0.25) is 11.8 Å². The second-order valence-corrected chi connectivity index (χ2v) is 6.28. The van der Waals surface area contributed by atoms with Crippen molar-refractivity contribution in [1.29, 1.82) is 0 Å². The minimum absolute atomic E-state index is 0.0317. The molecule has 1 aliphatic carbocycles. The molecule has 5 heteroatoms. The number of rotatable bonds is 7. The van der Waals surface area contributed by atoms with Gasteiger partial charge < -0.3 is 10.2 Å². The van der Waals surface area contributed by atoms with Gasteiger partial charge in [-0.3, -0.25) is 9.59 Å². The van der Waals surface area contributed by atoms with Gasteiger partial charge >= 0.3 is 0 Å². The van der Waals surface area contributed by atoms with E-state index in [0.29, 0.717) is 36.6 Å². The fourth-order valence-corrected chi connectivity index (χ4v) is 2.83. The minimum Gasteiger partial charge on any atom is -0.342 e. The minimum atomic E-state index is -0.868. The van der Waals surface area contributed by atoms with Crippen LogP contribution in [0.15, 0.2) is 24.3 Å². The lowest BCUT2D eigenvalue weighted by Crippen LogP contribution is -2.43. The maximum Gasteiger partial charge on any atom is 0.240 e. The summed E-state index contributed by atoms with van der Waals surface area (Å²) in [5, 5.41) is 3.40. The molecule has 1 fully saturated rings. The Balaban J connectivity index is 2.09. The van der Waals surface area contributed by atoms with E-state index in [2.05, 4.69) is 5.32 Å². The Morgan fingerprint density at radius 2 is 1.86 bits per heavy atom. The molecule has 0 unspecified atom stereocenters. The lowest BCUT2D eigenvalue weighted by Gasteiger charge is -2.26. The number of carbonyl (C=O) groups excluding carboxylic acids is 2. The molecule has 1 aliphatic rings. The molecule has 4 nitrogen and oxygen atoms in total. The predicted molar refractivity (Wildman–Crippen MR) is 88.9 cm³/mol. The van der Waals surface area contributed by atoms with Gasteiger partial charge in [0.1, 0.15) is 5.41 Å². The molecular weight excluding hydrogens is 300 g/mol. The first-order valence-corrected chi connectivity index (χ1v) is 8.27. The van der Waals surface area contributed by atoms with Crippen LogP contribution in [0.25, 0.3) is 0 Å². The smallest absolute Gasteiger partial charge is 0.240 e. The van der Waals surface area contributed by atoms with Gasteiger partial charge in [-0.1, -0.05) is 31.5 Å². The Morgan fingerprint density at radius 1 is 1.23 bits per heavy atom. The van der Waals surface area contributed by atoms with Crippen LogP contribution < -0.4 is 5.32 Å². The van der Waals surface area contributed by atoms with Crippen molar-refractivity contribution in [2.75, 3.05) is 18.4 Å². The van der Waals surface area contributed by atoms with Crippen molar-refractivity contribution in [3.05, 3.63) is 29.3 Å². The highest BCUT2D eigenvalue weighted by Gasteiger charge is 2.57. The fraction of sp³-hybridized carbons (Fsp3) is 0.529. The summed E-state index contributed by atoms with van der Waals surface area (Å²) in [5.74, 6) is -0.243. The standard InChI is InChI=1S/C17H23ClN2O2/c1-3-10-20(11-4-2)16(22)17(8-9-17)15(21)19-14-7-5-6-13(18)12-14/h5-7,12H,3-4,8-11H2,1-2H3,(H,19,21). The van der Waals surface area contributed by atoms with Gasteiger partial charge in [0.15, 0.2) is 0 Å². The van der Waals surface area contributed by atoms with Gasteiger partial charge in [-0.15, -0.1) is 0 Å². The van der Waals surface area contributed by atoms with Crippen LogP contribution in [0.4, 0.5) is 5.69 Å². The second kappa shape index (κ2) is 7.14. The van der Waals surface area contributed by atoms with E-state index in [9.17, 15) is 9.59 Å². The van der Waals surface area contributed by atoms with E-state index in [1.807, 2.05) is 18.7 Å². The third kappa shape index (κ3) is 3.61. The van der Waals surface area contributed by atoms with Crippen molar-refractivity contribution in [2.24, 2.45) is 5.41 Å². The number of halogens is 1. The monoisotopic (exact) mass is 322 g/mol. The van der Waals surface area contributed by atoms with E-state index in [-0.39, 0.29) is 11.8 Å². The molecule has 0 saturated heterocycles. The molecule has 2 rings (SSSR count). The number of nitrogens with zero attached hydrogens (tertiary/aromatic N) is 1. The van der Waals surface area contributed by atoms with E-state index in [1.165, 1.54) is 0 Å². The van der Waals surface area contributed by atoms with Crippen LogP contribution in [0.1, 0.15) is 39.5 Å². The number of anilines is 1. The molecule has 0 atom stereocenters. The van der Waals surface area contributed by atoms with Crippen LogP contribution in [0.5, 0.6) is 0 Å². The van der Waals surface area contributed by atoms with Crippen molar-refractivity contribution in [1.82, 2.24) is 4.90 Å². The average Bonchev–Trinajstić information content (AvgIpc) is 3.28. The number of hydrogen-bond donors (Lipinski definition) is 1. The topological polar surface area (TPSA) is 49.4 Å². The first kappa shape index (κ1) is 16.8. The van der Waals surface area contributed by atoms with Crippen molar-refractivity contribution in [3.63, 3.8) is 0 Å². The largest absolute Gasteiger partial charge is 0.342 e. The predicted octanol–water partition coefficient (Wildman–Crippen LogP) is 3.71. The van der Waals surface area contributed by atoms with Crippen LogP contribution >= 0.6 is 11.6 Å². The SMILES string of the molecule is CCCN(CCC)C(=O)C1(C(=O)Nc2cccc(Cl)c2)CC1. The molecule has 0 spiro atoms. The van der Waals surface area contributed by atoms with E-state index in [1.54, 1.807) is 24.3 Å². The Bertz CT molecular complexity index is 549. The van der Waals surface area contributed by atoms with Crippen LogP contribution in [0.3, 0.4) is 0 Å². The van der Waals surface area contributed by atoms with Crippen molar-refractivity contribution < 1.29 is 9.59 Å². The third-order valence-electron chi connectivity index (χ3n) is 3.95. The summed E-state index contributed by atoms with van der Waals surface area (Å²) in [6.07, 6.45) is 3.06. The first-order chi connectivity index (χ1) is 10.5. The Kier molecular flexibility index (Phi) is 5.46. The normalized spacial score (nSPS) is 15.2. The van der Waals surface area contributed by atoms with Crippen LogP contribution in [-0.2, 0) is 9.59 Å². The maximum absolute atomic E-state index is 12.7. The van der Waals surface area contributed by atoms with Crippen LogP contribution in [0.2, 0.25) is 5.02 Å². The highest BCUT2D eigenvalue weighted by atomic mass is 35.5. The van der Waals surface area contributed by atoms with Crippen LogP contribution in [0, 0.1) is 5.41 Å². The number of carbonyl (C=O) groups is 2. The Hall–Kier alpha value is -1.55. The average molecular weight is 323 g/mol. The van der Waals surface area contributed by atoms with Gasteiger partial charge in [-0.05, 0) is 43.9 Å². The summed E-state index contributed by atoms with van der Waals surface area (Å²) in [4.78, 5) is 27.1. The lowest BCUT2D eigenvalue weighted by molar-refractivity contribution is -0.142. The lowest BCUT2D eigenvalue weighted by atomic mass is 10.0. The van der Waals surface area contributed by atoms with E-state index in [0.717, 1.165) is 12.8 Å². The third-order valence-corrected chi connectivity index (χ3v) is 4.19. The summed E-state index contributed by atoms with van der Waals surface area (Å²) < 4.78 is 0. The second-order valence-electron chi connectivity index (χ2n) is 5.84.